The van der Waals surface area contributed by atoms with E-state index in [-0.39, 0.29) is 28.9 Å². The molecule has 0 fully saturated rings. The summed E-state index contributed by atoms with van der Waals surface area (Å²) in [6.07, 6.45) is 0. The molecule has 1 aliphatic rings. The smallest absolute Gasteiger partial charge is 0.325 e. The molecule has 86 valence electrons. The highest BCUT2D eigenvalue weighted by atomic mass is 35.5. The predicted molar refractivity (Wildman–Crippen MR) is 53.8 cm³/mol. The normalized spacial score (nSPS) is 14.9. The van der Waals surface area contributed by atoms with E-state index >= 15 is 0 Å². The van der Waals surface area contributed by atoms with Crippen molar-refractivity contribution in [3.05, 3.63) is 16.7 Å². The number of fused-ring (bicyclic) bond motifs is 1. The summed E-state index contributed by atoms with van der Waals surface area (Å²) in [5.74, 6) is -1.30. The molecule has 0 aromatic heterocycles. The number of carbonyl (C=O) groups is 1. The molecule has 1 aromatic carbocycles. The van der Waals surface area contributed by atoms with Crippen LogP contribution >= 0.6 is 11.6 Å². The van der Waals surface area contributed by atoms with Crippen LogP contribution in [0.2, 0.25) is 5.02 Å². The molecule has 0 amide bonds. The average molecular weight is 246 g/mol. The van der Waals surface area contributed by atoms with E-state index in [1.807, 2.05) is 0 Å². The van der Waals surface area contributed by atoms with Gasteiger partial charge in [0.1, 0.15) is 11.8 Å². The van der Waals surface area contributed by atoms with Gasteiger partial charge in [0, 0.05) is 6.07 Å². The maximum atomic E-state index is 10.8. The van der Waals surface area contributed by atoms with E-state index < -0.39 is 17.8 Å². The molecule has 1 aromatic rings. The van der Waals surface area contributed by atoms with Gasteiger partial charge in [-0.05, 0) is 0 Å². The first kappa shape index (κ1) is 10.8. The Morgan fingerprint density at radius 1 is 1.56 bits per heavy atom. The van der Waals surface area contributed by atoms with Crippen molar-refractivity contribution in [2.24, 2.45) is 5.73 Å². The van der Waals surface area contributed by atoms with E-state index in [4.69, 9.17) is 31.9 Å². The Labute approximate surface area is 95.1 Å². The maximum Gasteiger partial charge on any atom is 0.325 e. The summed E-state index contributed by atoms with van der Waals surface area (Å²) in [6, 6.07) is -0.0775. The second-order valence-corrected chi connectivity index (χ2v) is 3.58. The molecule has 6 nitrogen and oxygen atoms in total. The first-order chi connectivity index (χ1) is 7.52. The number of benzene rings is 1. The Morgan fingerprint density at radius 2 is 2.25 bits per heavy atom. The summed E-state index contributed by atoms with van der Waals surface area (Å²) in [5.41, 5.74) is 5.35. The minimum Gasteiger partial charge on any atom is -0.506 e. The fourth-order valence-corrected chi connectivity index (χ4v) is 1.64. The van der Waals surface area contributed by atoms with Crippen molar-refractivity contribution < 1.29 is 24.5 Å². The van der Waals surface area contributed by atoms with E-state index in [0.29, 0.717) is 0 Å². The Hall–Kier alpha value is -1.66. The minimum atomic E-state index is -1.42. The number of carboxylic acids is 1. The zero-order valence-electron chi connectivity index (χ0n) is 7.94. The van der Waals surface area contributed by atoms with Gasteiger partial charge in [0.15, 0.2) is 11.5 Å². The predicted octanol–water partition coefficient (Wildman–Crippen LogP) is 0.859. The quantitative estimate of drug-likeness (QED) is 0.714. The summed E-state index contributed by atoms with van der Waals surface area (Å²) >= 11 is 5.71. The van der Waals surface area contributed by atoms with Crippen LogP contribution < -0.4 is 15.2 Å². The van der Waals surface area contributed by atoms with Gasteiger partial charge in [-0.2, -0.15) is 0 Å². The second kappa shape index (κ2) is 3.73. The second-order valence-electron chi connectivity index (χ2n) is 3.17. The van der Waals surface area contributed by atoms with Crippen molar-refractivity contribution in [3.63, 3.8) is 0 Å². The SMILES string of the molecule is NC(C(=O)O)c1c(O)c(Cl)cc2c1OCO2. The Balaban J connectivity index is 2.63. The molecule has 16 heavy (non-hydrogen) atoms. The van der Waals surface area contributed by atoms with Gasteiger partial charge >= 0.3 is 5.97 Å². The van der Waals surface area contributed by atoms with Crippen LogP contribution in [0.5, 0.6) is 17.2 Å². The maximum absolute atomic E-state index is 10.8. The van der Waals surface area contributed by atoms with Crippen LogP contribution in [0.1, 0.15) is 11.6 Å². The van der Waals surface area contributed by atoms with E-state index in [1.54, 1.807) is 0 Å². The molecule has 1 atom stereocenters. The zero-order valence-corrected chi connectivity index (χ0v) is 8.69. The summed E-state index contributed by atoms with van der Waals surface area (Å²) in [5, 5.41) is 18.4. The van der Waals surface area contributed by atoms with Crippen LogP contribution in [0.15, 0.2) is 6.07 Å². The van der Waals surface area contributed by atoms with Crippen molar-refractivity contribution in [2.75, 3.05) is 6.79 Å². The topological polar surface area (TPSA) is 102 Å². The highest BCUT2D eigenvalue weighted by Crippen LogP contribution is 2.46. The number of phenolic OH excluding ortho intramolecular Hbond substituents is 1. The lowest BCUT2D eigenvalue weighted by atomic mass is 10.0. The highest BCUT2D eigenvalue weighted by molar-refractivity contribution is 6.32. The number of phenols is 1. The summed E-state index contributed by atoms with van der Waals surface area (Å²) in [7, 11) is 0. The van der Waals surface area contributed by atoms with Gasteiger partial charge in [-0.1, -0.05) is 11.6 Å². The van der Waals surface area contributed by atoms with Crippen molar-refractivity contribution in [2.45, 2.75) is 6.04 Å². The Bertz CT molecular complexity index is 462. The number of ether oxygens (including phenoxy) is 2. The average Bonchev–Trinajstić information content (AvgIpc) is 2.66. The van der Waals surface area contributed by atoms with Gasteiger partial charge in [0.25, 0.3) is 0 Å². The molecule has 7 heteroatoms. The molecule has 1 aliphatic heterocycles. The number of aromatic hydroxyl groups is 1. The molecule has 4 N–H and O–H groups in total. The third-order valence-corrected chi connectivity index (χ3v) is 2.49. The van der Waals surface area contributed by atoms with Crippen molar-refractivity contribution >= 4 is 17.6 Å². The third-order valence-electron chi connectivity index (χ3n) is 2.20. The number of rotatable bonds is 2. The largest absolute Gasteiger partial charge is 0.506 e. The van der Waals surface area contributed by atoms with E-state index in [9.17, 15) is 9.90 Å². The van der Waals surface area contributed by atoms with Gasteiger partial charge in [-0.15, -0.1) is 0 Å². The van der Waals surface area contributed by atoms with Gasteiger partial charge in [-0.25, -0.2) is 0 Å². The van der Waals surface area contributed by atoms with Gasteiger partial charge in [-0.3, -0.25) is 4.79 Å². The van der Waals surface area contributed by atoms with Crippen LogP contribution in [0.3, 0.4) is 0 Å². The number of hydrogen-bond acceptors (Lipinski definition) is 5. The molecule has 0 saturated carbocycles. The molecule has 1 unspecified atom stereocenters. The molecule has 2 rings (SSSR count). The lowest BCUT2D eigenvalue weighted by Gasteiger charge is -2.13. The molecule has 1 heterocycles. The van der Waals surface area contributed by atoms with E-state index in [1.165, 1.54) is 6.07 Å². The molecule has 0 spiro atoms. The van der Waals surface area contributed by atoms with Crippen LogP contribution in [-0.4, -0.2) is 23.0 Å². The number of hydrogen-bond donors (Lipinski definition) is 3. The number of carboxylic acid groups (broad SMARTS) is 1. The first-order valence-corrected chi connectivity index (χ1v) is 4.69. The standard InChI is InChI=1S/C9H8ClNO5/c10-3-1-4-8(16-2-15-4)5(7(3)12)6(11)9(13)14/h1,6,12H,2,11H2,(H,13,14). The zero-order chi connectivity index (χ0) is 11.9. The highest BCUT2D eigenvalue weighted by Gasteiger charge is 2.30. The minimum absolute atomic E-state index is 0.0315. The van der Waals surface area contributed by atoms with Crippen LogP contribution in [0.25, 0.3) is 0 Å². The molecule has 0 radical (unpaired) electrons. The number of nitrogens with two attached hydrogens (primary N) is 1. The molecule has 0 saturated heterocycles. The van der Waals surface area contributed by atoms with Gasteiger partial charge in [0.05, 0.1) is 10.6 Å². The fourth-order valence-electron chi connectivity index (χ4n) is 1.44. The van der Waals surface area contributed by atoms with Gasteiger partial charge < -0.3 is 25.4 Å². The Morgan fingerprint density at radius 3 is 2.88 bits per heavy atom. The number of halogens is 1. The van der Waals surface area contributed by atoms with Crippen molar-refractivity contribution in [1.29, 1.82) is 0 Å². The van der Waals surface area contributed by atoms with E-state index in [0.717, 1.165) is 0 Å². The lowest BCUT2D eigenvalue weighted by Crippen LogP contribution is -2.21. The van der Waals surface area contributed by atoms with Crippen LogP contribution in [-0.2, 0) is 4.79 Å². The van der Waals surface area contributed by atoms with Crippen molar-refractivity contribution in [3.8, 4) is 17.2 Å². The van der Waals surface area contributed by atoms with Crippen LogP contribution in [0.4, 0.5) is 0 Å². The fraction of sp³-hybridized carbons (Fsp3) is 0.222. The van der Waals surface area contributed by atoms with Crippen LogP contribution in [0, 0.1) is 0 Å². The number of aliphatic carboxylic acids is 1. The molecule has 0 bridgehead atoms. The molecular weight excluding hydrogens is 238 g/mol. The summed E-state index contributed by atoms with van der Waals surface area (Å²) in [6.45, 7) is -0.0611. The first-order valence-electron chi connectivity index (χ1n) is 4.31. The summed E-state index contributed by atoms with van der Waals surface area (Å²) < 4.78 is 10.1. The molecular formula is C9H8ClNO5. The third kappa shape index (κ3) is 1.52. The van der Waals surface area contributed by atoms with Crippen molar-refractivity contribution in [1.82, 2.24) is 0 Å². The molecule has 0 aliphatic carbocycles. The monoisotopic (exact) mass is 245 g/mol. The Kier molecular flexibility index (Phi) is 2.53. The summed E-state index contributed by atoms with van der Waals surface area (Å²) in [4.78, 5) is 10.8. The lowest BCUT2D eigenvalue weighted by molar-refractivity contribution is -0.138. The van der Waals surface area contributed by atoms with Gasteiger partial charge in [0.2, 0.25) is 6.79 Å². The van der Waals surface area contributed by atoms with E-state index in [2.05, 4.69) is 0 Å².